The second-order valence-corrected chi connectivity index (χ2v) is 5.82. The molecule has 0 aliphatic carbocycles. The Balaban J connectivity index is 4.41. The number of nitrogens with one attached hydrogen (secondary N) is 1. The van der Waals surface area contributed by atoms with Crippen LogP contribution in [0, 0.1) is 0 Å². The molecule has 92 valence electrons. The lowest BCUT2D eigenvalue weighted by Gasteiger charge is -2.22. The standard InChI is InChI=1S/C6H12F3NO3S2/c1-5(11,4-14-2)3-10-15(12,13)6(7,8)9/h10-11H,3-4H2,1-2H3. The number of halogens is 3. The number of sulfonamides is 1. The van der Waals surface area contributed by atoms with E-state index < -0.39 is 27.7 Å². The summed E-state index contributed by atoms with van der Waals surface area (Å²) in [6.45, 7) is 0.581. The molecule has 0 aromatic heterocycles. The van der Waals surface area contributed by atoms with Gasteiger partial charge in [-0.2, -0.15) is 24.9 Å². The van der Waals surface area contributed by atoms with Gasteiger partial charge in [-0.25, -0.2) is 13.1 Å². The van der Waals surface area contributed by atoms with Crippen LogP contribution >= 0.6 is 11.8 Å². The first-order valence-electron chi connectivity index (χ1n) is 3.79. The Morgan fingerprint density at radius 1 is 1.40 bits per heavy atom. The summed E-state index contributed by atoms with van der Waals surface area (Å²) in [5, 5.41) is 9.43. The normalized spacial score (nSPS) is 17.5. The topological polar surface area (TPSA) is 66.4 Å². The summed E-state index contributed by atoms with van der Waals surface area (Å²) in [6, 6.07) is 0. The Hall–Kier alpha value is 0.01000. The molecule has 15 heavy (non-hydrogen) atoms. The van der Waals surface area contributed by atoms with Gasteiger partial charge < -0.3 is 5.11 Å². The average Bonchev–Trinajstić information content (AvgIpc) is 1.99. The van der Waals surface area contributed by atoms with Crippen molar-refractivity contribution in [3.8, 4) is 0 Å². The average molecular weight is 267 g/mol. The van der Waals surface area contributed by atoms with Crippen molar-refractivity contribution < 1.29 is 26.7 Å². The van der Waals surface area contributed by atoms with Crippen molar-refractivity contribution in [1.29, 1.82) is 0 Å². The van der Waals surface area contributed by atoms with E-state index in [1.807, 2.05) is 0 Å². The molecule has 0 aliphatic heterocycles. The first kappa shape index (κ1) is 15.0. The summed E-state index contributed by atoms with van der Waals surface area (Å²) in [4.78, 5) is 0. The van der Waals surface area contributed by atoms with Crippen molar-refractivity contribution in [2.75, 3.05) is 18.6 Å². The van der Waals surface area contributed by atoms with Crippen molar-refractivity contribution in [1.82, 2.24) is 4.72 Å². The van der Waals surface area contributed by atoms with Crippen LogP contribution in [0.1, 0.15) is 6.92 Å². The Bertz CT molecular complexity index is 299. The number of hydrogen-bond acceptors (Lipinski definition) is 4. The van der Waals surface area contributed by atoms with Crippen molar-refractivity contribution in [2.24, 2.45) is 0 Å². The van der Waals surface area contributed by atoms with Gasteiger partial charge in [0.05, 0.1) is 5.60 Å². The first-order chi connectivity index (χ1) is 6.52. The van der Waals surface area contributed by atoms with Crippen LogP contribution in [0.3, 0.4) is 0 Å². The fourth-order valence-corrected chi connectivity index (χ4v) is 2.08. The predicted molar refractivity (Wildman–Crippen MR) is 52.0 cm³/mol. The van der Waals surface area contributed by atoms with Gasteiger partial charge >= 0.3 is 15.5 Å². The lowest BCUT2D eigenvalue weighted by molar-refractivity contribution is -0.0452. The Labute approximate surface area is 90.3 Å². The van der Waals surface area contributed by atoms with E-state index in [2.05, 4.69) is 0 Å². The van der Waals surface area contributed by atoms with Crippen LogP contribution in [0.2, 0.25) is 0 Å². The molecule has 0 bridgehead atoms. The van der Waals surface area contributed by atoms with E-state index >= 15 is 0 Å². The third-order valence-corrected chi connectivity index (χ3v) is 3.45. The quantitative estimate of drug-likeness (QED) is 0.763. The molecule has 0 saturated carbocycles. The molecular weight excluding hydrogens is 255 g/mol. The van der Waals surface area contributed by atoms with Gasteiger partial charge in [-0.3, -0.25) is 0 Å². The molecule has 0 radical (unpaired) electrons. The van der Waals surface area contributed by atoms with E-state index in [9.17, 15) is 26.7 Å². The highest BCUT2D eigenvalue weighted by atomic mass is 32.2. The van der Waals surface area contributed by atoms with Crippen LogP contribution in [-0.4, -0.2) is 43.2 Å². The Morgan fingerprint density at radius 2 is 1.87 bits per heavy atom. The minimum Gasteiger partial charge on any atom is -0.388 e. The molecule has 0 heterocycles. The minimum absolute atomic E-state index is 0.132. The van der Waals surface area contributed by atoms with Crippen molar-refractivity contribution in [3.05, 3.63) is 0 Å². The van der Waals surface area contributed by atoms with Crippen LogP contribution in [0.15, 0.2) is 0 Å². The highest BCUT2D eigenvalue weighted by Crippen LogP contribution is 2.22. The smallest absolute Gasteiger partial charge is 0.388 e. The number of rotatable bonds is 5. The number of alkyl halides is 3. The summed E-state index contributed by atoms with van der Waals surface area (Å²) >= 11 is 1.20. The summed E-state index contributed by atoms with van der Waals surface area (Å²) in [5.41, 5.74) is -6.85. The maximum Gasteiger partial charge on any atom is 0.511 e. The lowest BCUT2D eigenvalue weighted by atomic mass is 10.1. The van der Waals surface area contributed by atoms with Crippen LogP contribution in [0.5, 0.6) is 0 Å². The van der Waals surface area contributed by atoms with Crippen LogP contribution < -0.4 is 4.72 Å². The second kappa shape index (κ2) is 4.89. The van der Waals surface area contributed by atoms with Gasteiger partial charge in [0.2, 0.25) is 0 Å². The molecule has 1 unspecified atom stereocenters. The van der Waals surface area contributed by atoms with E-state index in [0.29, 0.717) is 0 Å². The highest BCUT2D eigenvalue weighted by molar-refractivity contribution is 7.98. The zero-order chi connectivity index (χ0) is 12.3. The second-order valence-electron chi connectivity index (χ2n) is 3.20. The summed E-state index contributed by atoms with van der Waals surface area (Å²) in [7, 11) is -5.37. The highest BCUT2D eigenvalue weighted by Gasteiger charge is 2.46. The molecule has 1 atom stereocenters. The van der Waals surface area contributed by atoms with Gasteiger partial charge in [0.25, 0.3) is 0 Å². The van der Waals surface area contributed by atoms with E-state index in [4.69, 9.17) is 0 Å². The van der Waals surface area contributed by atoms with Gasteiger partial charge in [0.1, 0.15) is 0 Å². The zero-order valence-electron chi connectivity index (χ0n) is 8.13. The predicted octanol–water partition coefficient (Wildman–Crippen LogP) is 0.540. The zero-order valence-corrected chi connectivity index (χ0v) is 9.76. The third-order valence-electron chi connectivity index (χ3n) is 1.40. The fourth-order valence-electron chi connectivity index (χ4n) is 0.694. The minimum atomic E-state index is -5.37. The molecule has 4 nitrogen and oxygen atoms in total. The van der Waals surface area contributed by atoms with Crippen molar-refractivity contribution in [2.45, 2.75) is 18.0 Å². The summed E-state index contributed by atoms with van der Waals surface area (Å²) < 4.78 is 58.0. The first-order valence-corrected chi connectivity index (χ1v) is 6.67. The molecule has 0 aliphatic rings. The van der Waals surface area contributed by atoms with Gasteiger partial charge in [0, 0.05) is 12.3 Å². The molecule has 2 N–H and O–H groups in total. The molecular formula is C6H12F3NO3S2. The number of thioether (sulfide) groups is 1. The monoisotopic (exact) mass is 267 g/mol. The molecule has 0 spiro atoms. The Morgan fingerprint density at radius 3 is 2.20 bits per heavy atom. The number of aliphatic hydroxyl groups is 1. The maximum absolute atomic E-state index is 11.9. The third kappa shape index (κ3) is 5.05. The molecule has 0 aromatic carbocycles. The fraction of sp³-hybridized carbons (Fsp3) is 1.00. The maximum atomic E-state index is 11.9. The van der Waals surface area contributed by atoms with E-state index in [1.54, 1.807) is 6.26 Å². The van der Waals surface area contributed by atoms with E-state index in [0.717, 1.165) is 0 Å². The van der Waals surface area contributed by atoms with Gasteiger partial charge in [0.15, 0.2) is 0 Å². The van der Waals surface area contributed by atoms with Gasteiger partial charge in [-0.15, -0.1) is 0 Å². The summed E-state index contributed by atoms with van der Waals surface area (Å²) in [6.07, 6.45) is 1.65. The van der Waals surface area contributed by atoms with Crippen LogP contribution in [0.4, 0.5) is 13.2 Å². The lowest BCUT2D eigenvalue weighted by Crippen LogP contribution is -2.46. The SMILES string of the molecule is CSCC(C)(O)CNS(=O)(=O)C(F)(F)F. The Kier molecular flexibility index (Phi) is 4.90. The molecule has 0 saturated heterocycles. The van der Waals surface area contributed by atoms with Crippen molar-refractivity contribution in [3.63, 3.8) is 0 Å². The molecule has 0 rings (SSSR count). The van der Waals surface area contributed by atoms with Crippen LogP contribution in [0.25, 0.3) is 0 Å². The number of hydrogen-bond donors (Lipinski definition) is 2. The molecule has 0 fully saturated rings. The van der Waals surface area contributed by atoms with E-state index in [-0.39, 0.29) is 5.75 Å². The molecule has 0 aromatic rings. The molecule has 0 amide bonds. The van der Waals surface area contributed by atoms with Gasteiger partial charge in [-0.1, -0.05) is 0 Å². The van der Waals surface area contributed by atoms with Crippen LogP contribution in [-0.2, 0) is 10.0 Å². The van der Waals surface area contributed by atoms with Crippen molar-refractivity contribution >= 4 is 21.8 Å². The molecule has 9 heteroatoms. The van der Waals surface area contributed by atoms with Gasteiger partial charge in [-0.05, 0) is 13.2 Å². The largest absolute Gasteiger partial charge is 0.511 e. The summed E-state index contributed by atoms with van der Waals surface area (Å²) in [5.74, 6) is 0.132. The van der Waals surface area contributed by atoms with E-state index in [1.165, 1.54) is 23.4 Å².